The van der Waals surface area contributed by atoms with Crippen molar-refractivity contribution >= 4 is 39.9 Å². The first kappa shape index (κ1) is 17.3. The van der Waals surface area contributed by atoms with E-state index in [4.69, 9.17) is 5.73 Å². The van der Waals surface area contributed by atoms with Crippen LogP contribution >= 0.6 is 22.6 Å². The number of nitrogens with one attached hydrogen (secondary N) is 1. The topological polar surface area (TPSA) is 95.6 Å². The smallest absolute Gasteiger partial charge is 0.248 e. The summed E-state index contributed by atoms with van der Waals surface area (Å²) in [6.07, 6.45) is 2.22. The minimum absolute atomic E-state index is 0.0350. The molecule has 0 fully saturated rings. The van der Waals surface area contributed by atoms with E-state index in [0.29, 0.717) is 16.9 Å². The highest BCUT2D eigenvalue weighted by molar-refractivity contribution is 14.1. The van der Waals surface area contributed by atoms with Gasteiger partial charge in [0.2, 0.25) is 5.91 Å². The lowest BCUT2D eigenvalue weighted by Gasteiger charge is -2.11. The molecule has 2 aromatic carbocycles. The summed E-state index contributed by atoms with van der Waals surface area (Å²) in [5.41, 5.74) is 7.21. The van der Waals surface area contributed by atoms with E-state index in [1.165, 1.54) is 12.1 Å². The number of amides is 1. The number of para-hydroxylation sites is 2. The van der Waals surface area contributed by atoms with Gasteiger partial charge in [0.05, 0.1) is 17.5 Å². The second-order valence-electron chi connectivity index (χ2n) is 4.93. The van der Waals surface area contributed by atoms with Crippen LogP contribution in [0.5, 0.6) is 5.75 Å². The Morgan fingerprint density at radius 3 is 2.78 bits per heavy atom. The largest absolute Gasteiger partial charge is 0.508 e. The molecule has 0 saturated heterocycles. The number of phenolic OH excluding ortho intramolecular Hbond substituents is 1. The Morgan fingerprint density at radius 1 is 1.30 bits per heavy atom. The van der Waals surface area contributed by atoms with Crippen molar-refractivity contribution in [3.63, 3.8) is 0 Å². The molecule has 5 nitrogen and oxygen atoms in total. The highest BCUT2D eigenvalue weighted by Gasteiger charge is 2.11. The van der Waals surface area contributed by atoms with Crippen molar-refractivity contribution in [2.75, 3.05) is 11.1 Å². The van der Waals surface area contributed by atoms with Crippen molar-refractivity contribution in [1.82, 2.24) is 0 Å². The van der Waals surface area contributed by atoms with Crippen LogP contribution in [0, 0.1) is 3.57 Å². The maximum Gasteiger partial charge on any atom is 0.248 e. The SMILES string of the molecule is Nc1ccccc1NC(=O)/C=C/C[C@H](O)c1cc(I)ccc1O. The maximum absolute atomic E-state index is 11.8. The zero-order valence-electron chi connectivity index (χ0n) is 12.2. The van der Waals surface area contributed by atoms with E-state index in [1.54, 1.807) is 42.5 Å². The summed E-state index contributed by atoms with van der Waals surface area (Å²) in [6, 6.07) is 12.0. The second kappa shape index (κ2) is 7.98. The normalized spacial score (nSPS) is 12.3. The molecule has 0 aromatic heterocycles. The van der Waals surface area contributed by atoms with Gasteiger partial charge in [0, 0.05) is 9.13 Å². The fourth-order valence-electron chi connectivity index (χ4n) is 2.01. The molecule has 0 spiro atoms. The second-order valence-corrected chi connectivity index (χ2v) is 6.18. The summed E-state index contributed by atoms with van der Waals surface area (Å²) >= 11 is 2.10. The lowest BCUT2D eigenvalue weighted by molar-refractivity contribution is -0.111. The Bertz CT molecular complexity index is 732. The highest BCUT2D eigenvalue weighted by atomic mass is 127. The van der Waals surface area contributed by atoms with Crippen molar-refractivity contribution in [3.05, 3.63) is 63.8 Å². The average Bonchev–Trinajstić information content (AvgIpc) is 2.52. The van der Waals surface area contributed by atoms with Crippen LogP contribution in [0.15, 0.2) is 54.6 Å². The number of aliphatic hydroxyl groups is 1. The molecule has 0 saturated carbocycles. The molecule has 120 valence electrons. The monoisotopic (exact) mass is 424 g/mol. The third kappa shape index (κ3) is 4.97. The van der Waals surface area contributed by atoms with Gasteiger partial charge >= 0.3 is 0 Å². The number of carbonyl (C=O) groups is 1. The number of hydrogen-bond donors (Lipinski definition) is 4. The number of benzene rings is 2. The van der Waals surface area contributed by atoms with Gasteiger partial charge in [-0.3, -0.25) is 4.79 Å². The van der Waals surface area contributed by atoms with Gasteiger partial charge < -0.3 is 21.3 Å². The van der Waals surface area contributed by atoms with Gasteiger partial charge in [-0.1, -0.05) is 18.2 Å². The molecule has 0 heterocycles. The standard InChI is InChI=1S/C17H17IN2O3/c18-11-8-9-16(22)12(10-11)15(21)6-3-7-17(23)20-14-5-2-1-4-13(14)19/h1-5,7-10,15,21-22H,6,19H2,(H,20,23)/b7-3+/t15-/m0/s1. The summed E-state index contributed by atoms with van der Waals surface area (Å²) in [4.78, 5) is 11.8. The third-order valence-electron chi connectivity index (χ3n) is 3.20. The number of halogens is 1. The molecule has 2 aromatic rings. The predicted molar refractivity (Wildman–Crippen MR) is 99.0 cm³/mol. The molecular formula is C17H17IN2O3. The summed E-state index contributed by atoms with van der Waals surface area (Å²) in [5, 5.41) is 22.5. The summed E-state index contributed by atoms with van der Waals surface area (Å²) in [7, 11) is 0. The molecule has 1 atom stereocenters. The fourth-order valence-corrected chi connectivity index (χ4v) is 2.52. The number of phenols is 1. The van der Waals surface area contributed by atoms with E-state index in [0.717, 1.165) is 3.57 Å². The lowest BCUT2D eigenvalue weighted by atomic mass is 10.1. The first-order valence-corrected chi connectivity index (χ1v) is 8.03. The molecule has 0 aliphatic heterocycles. The van der Waals surface area contributed by atoms with Gasteiger partial charge in [-0.25, -0.2) is 0 Å². The Balaban J connectivity index is 1.94. The van der Waals surface area contributed by atoms with Gasteiger partial charge in [0.25, 0.3) is 0 Å². The van der Waals surface area contributed by atoms with E-state index >= 15 is 0 Å². The number of hydrogen-bond acceptors (Lipinski definition) is 4. The van der Waals surface area contributed by atoms with Gasteiger partial charge in [-0.2, -0.15) is 0 Å². The minimum Gasteiger partial charge on any atom is -0.508 e. The van der Waals surface area contributed by atoms with Gasteiger partial charge in [0.1, 0.15) is 5.75 Å². The molecule has 2 rings (SSSR count). The average molecular weight is 424 g/mol. The number of rotatable bonds is 5. The van der Waals surface area contributed by atoms with Gasteiger partial charge in [0.15, 0.2) is 0 Å². The van der Waals surface area contributed by atoms with Crippen molar-refractivity contribution in [2.45, 2.75) is 12.5 Å². The molecular weight excluding hydrogens is 407 g/mol. The Kier molecular flexibility index (Phi) is 6.00. The Labute approximate surface area is 148 Å². The quantitative estimate of drug-likeness (QED) is 0.337. The van der Waals surface area contributed by atoms with Crippen molar-refractivity contribution < 1.29 is 15.0 Å². The number of aliphatic hydroxyl groups excluding tert-OH is 1. The minimum atomic E-state index is -0.879. The van der Waals surface area contributed by atoms with Gasteiger partial charge in [-0.05, 0) is 65.4 Å². The molecule has 0 radical (unpaired) electrons. The highest BCUT2D eigenvalue weighted by Crippen LogP contribution is 2.28. The number of aromatic hydroxyl groups is 1. The number of anilines is 2. The zero-order valence-corrected chi connectivity index (χ0v) is 14.4. The maximum atomic E-state index is 11.8. The van der Waals surface area contributed by atoms with Crippen LogP contribution in [0.2, 0.25) is 0 Å². The van der Waals surface area contributed by atoms with E-state index in [2.05, 4.69) is 27.9 Å². The van der Waals surface area contributed by atoms with Crippen molar-refractivity contribution in [3.8, 4) is 5.75 Å². The molecule has 0 unspecified atom stereocenters. The third-order valence-corrected chi connectivity index (χ3v) is 3.87. The van der Waals surface area contributed by atoms with Crippen LogP contribution < -0.4 is 11.1 Å². The van der Waals surface area contributed by atoms with E-state index in [9.17, 15) is 15.0 Å². The molecule has 1 amide bonds. The number of carbonyl (C=O) groups excluding carboxylic acids is 1. The molecule has 0 aliphatic rings. The number of nitrogen functional groups attached to an aromatic ring is 1. The molecule has 0 bridgehead atoms. The lowest BCUT2D eigenvalue weighted by Crippen LogP contribution is -2.09. The van der Waals surface area contributed by atoms with Gasteiger partial charge in [-0.15, -0.1) is 0 Å². The summed E-state index contributed by atoms with van der Waals surface area (Å²) < 4.78 is 0.913. The Hall–Kier alpha value is -2.06. The molecule has 6 heteroatoms. The fraction of sp³-hybridized carbons (Fsp3) is 0.118. The van der Waals surface area contributed by atoms with Crippen molar-refractivity contribution in [1.29, 1.82) is 0 Å². The molecule has 0 aliphatic carbocycles. The first-order valence-electron chi connectivity index (χ1n) is 6.96. The van der Waals surface area contributed by atoms with Crippen molar-refractivity contribution in [2.24, 2.45) is 0 Å². The van der Waals surface area contributed by atoms with Crippen LogP contribution in [0.3, 0.4) is 0 Å². The summed E-state index contributed by atoms with van der Waals surface area (Å²) in [6.45, 7) is 0. The van der Waals surface area contributed by atoms with Crippen LogP contribution in [-0.4, -0.2) is 16.1 Å². The van der Waals surface area contributed by atoms with E-state index in [-0.39, 0.29) is 18.1 Å². The van der Waals surface area contributed by atoms with Crippen LogP contribution in [0.25, 0.3) is 0 Å². The zero-order chi connectivity index (χ0) is 16.8. The number of nitrogens with two attached hydrogens (primary N) is 1. The predicted octanol–water partition coefficient (Wildman–Crippen LogP) is 3.20. The molecule has 5 N–H and O–H groups in total. The molecule has 23 heavy (non-hydrogen) atoms. The van der Waals surface area contributed by atoms with Crippen LogP contribution in [-0.2, 0) is 4.79 Å². The first-order chi connectivity index (χ1) is 11.0. The van der Waals surface area contributed by atoms with E-state index < -0.39 is 6.10 Å². The van der Waals surface area contributed by atoms with Crippen LogP contribution in [0.1, 0.15) is 18.1 Å². The van der Waals surface area contributed by atoms with E-state index in [1.807, 2.05) is 0 Å². The summed E-state index contributed by atoms with van der Waals surface area (Å²) in [5.74, 6) is -0.296. The van der Waals surface area contributed by atoms with Crippen LogP contribution in [0.4, 0.5) is 11.4 Å². The Morgan fingerprint density at radius 2 is 2.04 bits per heavy atom.